The third-order valence-electron chi connectivity index (χ3n) is 10.6. The van der Waals surface area contributed by atoms with E-state index in [0.29, 0.717) is 25.7 Å². The molecule has 0 radical (unpaired) electrons. The number of hydrogen-bond acceptors (Lipinski definition) is 6. The van der Waals surface area contributed by atoms with Crippen LogP contribution in [0.1, 0.15) is 89.2 Å². The summed E-state index contributed by atoms with van der Waals surface area (Å²) in [6.45, 7) is 3.99. The summed E-state index contributed by atoms with van der Waals surface area (Å²) in [7, 11) is 1.33. The Balaban J connectivity index is 1.50. The number of amides is 3. The molecule has 2 aliphatic rings. The number of ether oxygens (including phenoxy) is 1. The average Bonchev–Trinajstić information content (AvgIpc) is 3.10. The van der Waals surface area contributed by atoms with E-state index in [9.17, 15) is 19.2 Å². The summed E-state index contributed by atoms with van der Waals surface area (Å²) in [6, 6.07) is 17.4. The van der Waals surface area contributed by atoms with Gasteiger partial charge in [-0.3, -0.25) is 14.4 Å². The molecular formula is C39H56N4O5. The third kappa shape index (κ3) is 10.1. The second-order valence-electron chi connectivity index (χ2n) is 13.7. The highest BCUT2D eigenvalue weighted by Gasteiger charge is 2.39. The fraction of sp³-hybridized carbons (Fsp3) is 0.590. The molecule has 4 rings (SSSR count). The average molecular weight is 661 g/mol. The lowest BCUT2D eigenvalue weighted by molar-refractivity contribution is -0.146. The van der Waals surface area contributed by atoms with E-state index < -0.39 is 24.0 Å². The van der Waals surface area contributed by atoms with Crippen molar-refractivity contribution in [1.82, 2.24) is 16.0 Å². The van der Waals surface area contributed by atoms with Crippen LogP contribution in [0.2, 0.25) is 0 Å². The van der Waals surface area contributed by atoms with Crippen LogP contribution in [-0.4, -0.2) is 55.0 Å². The molecule has 9 heteroatoms. The lowest BCUT2D eigenvalue weighted by Gasteiger charge is -2.38. The van der Waals surface area contributed by atoms with Crippen molar-refractivity contribution in [3.05, 3.63) is 71.8 Å². The topological polar surface area (TPSA) is 140 Å². The van der Waals surface area contributed by atoms with Gasteiger partial charge in [0.1, 0.15) is 12.1 Å². The number of esters is 1. The van der Waals surface area contributed by atoms with Crippen molar-refractivity contribution in [1.29, 1.82) is 0 Å². The lowest BCUT2D eigenvalue weighted by atomic mass is 9.74. The van der Waals surface area contributed by atoms with Crippen molar-refractivity contribution in [2.24, 2.45) is 29.4 Å². The Morgan fingerprint density at radius 1 is 0.688 bits per heavy atom. The standard InChI is InChI=1S/C39H56N4O5/c1-4-28(30-20-12-14-22-32(30)40)36(44)42-34(24-26-16-8-6-9-17-26)38(46)41-33-23-15-13-21-31(33)29(5-2)37(45)43-35(39(47)48-3)25-27-18-10-7-11-19-27/h6-11,16-19,28-35H,4-5,12-15,20-25,40H2,1-3H3,(H,41,46)(H,42,44)(H,43,45)/t28-,29-,30-,31-,32-,33-,34-,35-/m1/s1. The van der Waals surface area contributed by atoms with Crippen LogP contribution in [0.3, 0.4) is 0 Å². The van der Waals surface area contributed by atoms with Gasteiger partial charge < -0.3 is 26.4 Å². The number of benzene rings is 2. The highest BCUT2D eigenvalue weighted by molar-refractivity contribution is 5.89. The van der Waals surface area contributed by atoms with Crippen molar-refractivity contribution < 1.29 is 23.9 Å². The molecule has 2 fully saturated rings. The Morgan fingerprint density at radius 3 is 1.71 bits per heavy atom. The van der Waals surface area contributed by atoms with Gasteiger partial charge in [0.25, 0.3) is 0 Å². The predicted molar refractivity (Wildman–Crippen MR) is 188 cm³/mol. The van der Waals surface area contributed by atoms with E-state index in [1.165, 1.54) is 7.11 Å². The minimum absolute atomic E-state index is 0.0116. The fourth-order valence-electron chi connectivity index (χ4n) is 7.96. The van der Waals surface area contributed by atoms with Gasteiger partial charge in [0.15, 0.2) is 0 Å². The van der Waals surface area contributed by atoms with Crippen LogP contribution in [0, 0.1) is 23.7 Å². The van der Waals surface area contributed by atoms with E-state index in [0.717, 1.165) is 62.5 Å². The summed E-state index contributed by atoms with van der Waals surface area (Å²) in [5, 5.41) is 9.40. The number of carbonyl (C=O) groups excluding carboxylic acids is 4. The second-order valence-corrected chi connectivity index (χ2v) is 13.7. The van der Waals surface area contributed by atoms with E-state index >= 15 is 0 Å². The fourth-order valence-corrected chi connectivity index (χ4v) is 7.96. The zero-order valence-electron chi connectivity index (χ0n) is 29.0. The summed E-state index contributed by atoms with van der Waals surface area (Å²) < 4.78 is 5.04. The van der Waals surface area contributed by atoms with E-state index in [1.807, 2.05) is 74.5 Å². The summed E-state index contributed by atoms with van der Waals surface area (Å²) >= 11 is 0. The minimum Gasteiger partial charge on any atom is -0.467 e. The highest BCUT2D eigenvalue weighted by atomic mass is 16.5. The molecule has 0 aromatic heterocycles. The van der Waals surface area contributed by atoms with Crippen LogP contribution in [0.5, 0.6) is 0 Å². The molecule has 0 heterocycles. The summed E-state index contributed by atoms with van der Waals surface area (Å²) in [5.41, 5.74) is 8.37. The maximum atomic E-state index is 14.1. The molecule has 48 heavy (non-hydrogen) atoms. The summed E-state index contributed by atoms with van der Waals surface area (Å²) in [5.74, 6) is -1.72. The number of nitrogens with one attached hydrogen (secondary N) is 3. The molecule has 0 bridgehead atoms. The van der Waals surface area contributed by atoms with Crippen molar-refractivity contribution in [3.8, 4) is 0 Å². The number of carbonyl (C=O) groups is 4. The van der Waals surface area contributed by atoms with Crippen LogP contribution in [-0.2, 0) is 36.8 Å². The van der Waals surface area contributed by atoms with Crippen molar-refractivity contribution >= 4 is 23.7 Å². The number of rotatable bonds is 15. The Labute approximate surface area is 286 Å². The number of methoxy groups -OCH3 is 1. The molecule has 5 N–H and O–H groups in total. The molecule has 3 amide bonds. The zero-order valence-corrected chi connectivity index (χ0v) is 29.0. The highest BCUT2D eigenvalue weighted by Crippen LogP contribution is 2.34. The zero-order chi connectivity index (χ0) is 34.5. The van der Waals surface area contributed by atoms with Gasteiger partial charge in [-0.25, -0.2) is 4.79 Å². The summed E-state index contributed by atoms with van der Waals surface area (Å²) in [4.78, 5) is 54.5. The largest absolute Gasteiger partial charge is 0.467 e. The first kappa shape index (κ1) is 37.1. The van der Waals surface area contributed by atoms with Crippen LogP contribution in [0.15, 0.2) is 60.7 Å². The molecule has 2 aromatic rings. The van der Waals surface area contributed by atoms with E-state index in [1.54, 1.807) is 0 Å². The van der Waals surface area contributed by atoms with Gasteiger partial charge in [-0.15, -0.1) is 0 Å². The maximum absolute atomic E-state index is 14.1. The van der Waals surface area contributed by atoms with Gasteiger partial charge >= 0.3 is 5.97 Å². The molecule has 0 saturated heterocycles. The monoisotopic (exact) mass is 660 g/mol. The Hall–Kier alpha value is -3.72. The molecule has 2 aromatic carbocycles. The van der Waals surface area contributed by atoms with E-state index in [-0.39, 0.29) is 47.6 Å². The van der Waals surface area contributed by atoms with Crippen LogP contribution < -0.4 is 21.7 Å². The van der Waals surface area contributed by atoms with Crippen LogP contribution in [0.25, 0.3) is 0 Å². The van der Waals surface area contributed by atoms with Gasteiger partial charge in [-0.1, -0.05) is 100 Å². The molecule has 0 aliphatic heterocycles. The number of hydrogen-bond donors (Lipinski definition) is 4. The van der Waals surface area contributed by atoms with Crippen molar-refractivity contribution in [3.63, 3.8) is 0 Å². The Bertz CT molecular complexity index is 1320. The molecule has 0 spiro atoms. The predicted octanol–water partition coefficient (Wildman–Crippen LogP) is 4.86. The normalized spacial score (nSPS) is 23.5. The van der Waals surface area contributed by atoms with Crippen LogP contribution >= 0.6 is 0 Å². The quantitative estimate of drug-likeness (QED) is 0.201. The van der Waals surface area contributed by atoms with Gasteiger partial charge in [-0.2, -0.15) is 0 Å². The Morgan fingerprint density at radius 2 is 1.17 bits per heavy atom. The van der Waals surface area contributed by atoms with Crippen molar-refractivity contribution in [2.75, 3.05) is 7.11 Å². The van der Waals surface area contributed by atoms with E-state index in [2.05, 4.69) is 16.0 Å². The van der Waals surface area contributed by atoms with Gasteiger partial charge in [0, 0.05) is 36.8 Å². The first-order valence-corrected chi connectivity index (χ1v) is 18.1. The van der Waals surface area contributed by atoms with Gasteiger partial charge in [0.2, 0.25) is 17.7 Å². The molecular weight excluding hydrogens is 604 g/mol. The molecule has 262 valence electrons. The summed E-state index contributed by atoms with van der Waals surface area (Å²) in [6.07, 6.45) is 9.33. The molecule has 2 aliphatic carbocycles. The Kier molecular flexibility index (Phi) is 14.5. The van der Waals surface area contributed by atoms with Crippen molar-refractivity contribution in [2.45, 2.75) is 115 Å². The molecule has 8 atom stereocenters. The SMILES string of the molecule is CC[C@@H](C(=O)N[C@H](Cc1ccccc1)C(=O)N[C@@H]1CCCC[C@@H]1[C@@H](CC)C(=O)N[C@H](Cc1ccccc1)C(=O)OC)[C@H]1CCCC[C@H]1N. The van der Waals surface area contributed by atoms with Gasteiger partial charge in [-0.05, 0) is 61.5 Å². The van der Waals surface area contributed by atoms with Gasteiger partial charge in [0.05, 0.1) is 7.11 Å². The second kappa shape index (κ2) is 18.7. The number of nitrogens with two attached hydrogens (primary N) is 1. The lowest BCUT2D eigenvalue weighted by Crippen LogP contribution is -2.56. The molecule has 2 saturated carbocycles. The third-order valence-corrected chi connectivity index (χ3v) is 10.6. The van der Waals surface area contributed by atoms with E-state index in [4.69, 9.17) is 10.5 Å². The molecule has 9 nitrogen and oxygen atoms in total. The minimum atomic E-state index is -0.815. The smallest absolute Gasteiger partial charge is 0.328 e. The maximum Gasteiger partial charge on any atom is 0.328 e. The molecule has 0 unspecified atom stereocenters. The first-order valence-electron chi connectivity index (χ1n) is 18.1. The first-order chi connectivity index (χ1) is 23.2. The van der Waals surface area contributed by atoms with Crippen LogP contribution in [0.4, 0.5) is 0 Å².